The Bertz CT molecular complexity index is 916. The maximum absolute atomic E-state index is 12.4. The monoisotopic (exact) mass is 352 g/mol. The predicted molar refractivity (Wildman–Crippen MR) is 95.6 cm³/mol. The molecule has 0 spiro atoms. The lowest BCUT2D eigenvalue weighted by molar-refractivity contribution is -0.121. The highest BCUT2D eigenvalue weighted by Crippen LogP contribution is 2.17. The van der Waals surface area contributed by atoms with Crippen LogP contribution in [0.1, 0.15) is 29.1 Å². The second-order valence-corrected chi connectivity index (χ2v) is 6.53. The number of benzene rings is 1. The Morgan fingerprint density at radius 3 is 3.00 bits per heavy atom. The Kier molecular flexibility index (Phi) is 4.43. The number of carbonyl (C=O) groups excluding carboxylic acids is 2. The number of para-hydroxylation sites is 1. The van der Waals surface area contributed by atoms with E-state index in [9.17, 15) is 9.59 Å². The number of nitrogens with zero attached hydrogens (tertiary/aromatic N) is 2. The van der Waals surface area contributed by atoms with Crippen molar-refractivity contribution in [3.05, 3.63) is 54.1 Å². The lowest BCUT2D eigenvalue weighted by Crippen LogP contribution is -2.49. The Labute approximate surface area is 150 Å². The molecule has 2 amide bonds. The van der Waals surface area contributed by atoms with E-state index in [0.29, 0.717) is 18.8 Å². The van der Waals surface area contributed by atoms with E-state index in [4.69, 9.17) is 4.42 Å². The van der Waals surface area contributed by atoms with Gasteiger partial charge in [-0.2, -0.15) is 5.10 Å². The van der Waals surface area contributed by atoms with Gasteiger partial charge in [-0.05, 0) is 31.0 Å². The van der Waals surface area contributed by atoms with Crippen molar-refractivity contribution >= 4 is 22.7 Å². The molecule has 0 saturated carbocycles. The van der Waals surface area contributed by atoms with E-state index < -0.39 is 0 Å². The molecule has 0 bridgehead atoms. The maximum atomic E-state index is 12.4. The number of amides is 2. The summed E-state index contributed by atoms with van der Waals surface area (Å²) in [6, 6.07) is 11.0. The van der Waals surface area contributed by atoms with Crippen LogP contribution in [0, 0.1) is 0 Å². The summed E-state index contributed by atoms with van der Waals surface area (Å²) in [6.07, 6.45) is 3.44. The second-order valence-electron chi connectivity index (χ2n) is 6.53. The van der Waals surface area contributed by atoms with Crippen LogP contribution in [0.2, 0.25) is 0 Å². The molecule has 0 radical (unpaired) electrons. The standard InChI is InChI=1S/C19H20N4O3/c24-18(11-16-14-6-1-2-7-15(14)21-22-16)20-13-5-3-9-23(12-13)19(25)17-8-4-10-26-17/h1-2,4,6-8,10,13H,3,5,9,11-12H2,(H,20,24)(H,21,22)/t13-/m0/s1. The van der Waals surface area contributed by atoms with Crippen LogP contribution in [-0.2, 0) is 11.2 Å². The van der Waals surface area contributed by atoms with Crippen LogP contribution >= 0.6 is 0 Å². The molecule has 1 atom stereocenters. The molecule has 1 aliphatic rings. The Morgan fingerprint density at radius 1 is 1.27 bits per heavy atom. The van der Waals surface area contributed by atoms with Crippen LogP contribution in [0.3, 0.4) is 0 Å². The number of likely N-dealkylation sites (tertiary alicyclic amines) is 1. The van der Waals surface area contributed by atoms with Crippen molar-refractivity contribution in [2.45, 2.75) is 25.3 Å². The van der Waals surface area contributed by atoms with Crippen LogP contribution in [0.4, 0.5) is 0 Å². The number of hydrogen-bond donors (Lipinski definition) is 2. The zero-order valence-electron chi connectivity index (χ0n) is 14.3. The Balaban J connectivity index is 1.37. The second kappa shape index (κ2) is 7.03. The summed E-state index contributed by atoms with van der Waals surface area (Å²) >= 11 is 0. The van der Waals surface area contributed by atoms with Gasteiger partial charge in [-0.15, -0.1) is 0 Å². The minimum Gasteiger partial charge on any atom is -0.459 e. The molecule has 2 N–H and O–H groups in total. The highest BCUT2D eigenvalue weighted by Gasteiger charge is 2.26. The van der Waals surface area contributed by atoms with Gasteiger partial charge in [0.1, 0.15) is 0 Å². The number of aromatic amines is 1. The van der Waals surface area contributed by atoms with Gasteiger partial charge in [0.25, 0.3) is 5.91 Å². The third kappa shape index (κ3) is 3.33. The molecule has 7 nitrogen and oxygen atoms in total. The summed E-state index contributed by atoms with van der Waals surface area (Å²) < 4.78 is 5.19. The van der Waals surface area contributed by atoms with Crippen molar-refractivity contribution < 1.29 is 14.0 Å². The highest BCUT2D eigenvalue weighted by atomic mass is 16.3. The zero-order chi connectivity index (χ0) is 17.9. The zero-order valence-corrected chi connectivity index (χ0v) is 14.3. The first-order valence-electron chi connectivity index (χ1n) is 8.75. The predicted octanol–water partition coefficient (Wildman–Crippen LogP) is 2.12. The first-order valence-corrected chi connectivity index (χ1v) is 8.75. The molecule has 26 heavy (non-hydrogen) atoms. The van der Waals surface area contributed by atoms with Crippen LogP contribution in [-0.4, -0.2) is 46.0 Å². The average Bonchev–Trinajstić information content (AvgIpc) is 3.32. The lowest BCUT2D eigenvalue weighted by Gasteiger charge is -2.32. The number of furan rings is 1. The van der Waals surface area contributed by atoms with Gasteiger partial charge in [0.05, 0.1) is 23.9 Å². The van der Waals surface area contributed by atoms with E-state index in [1.807, 2.05) is 24.3 Å². The van der Waals surface area contributed by atoms with E-state index in [2.05, 4.69) is 15.5 Å². The number of fused-ring (bicyclic) bond motifs is 1. The van der Waals surface area contributed by atoms with Gasteiger partial charge < -0.3 is 14.6 Å². The summed E-state index contributed by atoms with van der Waals surface area (Å²) in [4.78, 5) is 26.6. The third-order valence-corrected chi connectivity index (χ3v) is 4.68. The number of piperidine rings is 1. The fraction of sp³-hybridized carbons (Fsp3) is 0.316. The van der Waals surface area contributed by atoms with Crippen LogP contribution in [0.25, 0.3) is 10.9 Å². The molecule has 1 aromatic carbocycles. The molecule has 3 aromatic rings. The van der Waals surface area contributed by atoms with Crippen molar-refractivity contribution in [2.75, 3.05) is 13.1 Å². The first kappa shape index (κ1) is 16.4. The molecule has 1 fully saturated rings. The Morgan fingerprint density at radius 2 is 2.15 bits per heavy atom. The summed E-state index contributed by atoms with van der Waals surface area (Å²) in [5.41, 5.74) is 1.65. The van der Waals surface area contributed by atoms with E-state index >= 15 is 0 Å². The number of rotatable bonds is 4. The SMILES string of the molecule is O=C(Cc1[nH]nc2ccccc12)N[C@H]1CCCN(C(=O)c2ccco2)C1. The molecule has 4 rings (SSSR count). The van der Waals surface area contributed by atoms with E-state index in [-0.39, 0.29) is 24.3 Å². The number of H-pyrrole nitrogens is 1. The maximum Gasteiger partial charge on any atom is 0.289 e. The summed E-state index contributed by atoms with van der Waals surface area (Å²) in [5, 5.41) is 11.2. The molecule has 134 valence electrons. The fourth-order valence-electron chi connectivity index (χ4n) is 3.42. The molecule has 2 aromatic heterocycles. The fourth-order valence-corrected chi connectivity index (χ4v) is 3.42. The first-order chi connectivity index (χ1) is 12.7. The van der Waals surface area contributed by atoms with E-state index in [1.165, 1.54) is 6.26 Å². The van der Waals surface area contributed by atoms with Gasteiger partial charge >= 0.3 is 0 Å². The lowest BCUT2D eigenvalue weighted by atomic mass is 10.0. The topological polar surface area (TPSA) is 91.2 Å². The Hall–Kier alpha value is -3.09. The molecule has 0 aliphatic carbocycles. The van der Waals surface area contributed by atoms with Crippen LogP contribution < -0.4 is 5.32 Å². The van der Waals surface area contributed by atoms with Crippen molar-refractivity contribution in [1.82, 2.24) is 20.4 Å². The molecular formula is C19H20N4O3. The normalized spacial score (nSPS) is 17.4. The highest BCUT2D eigenvalue weighted by molar-refractivity contribution is 5.91. The molecule has 0 unspecified atom stereocenters. The number of hydrogen-bond acceptors (Lipinski definition) is 4. The minimum absolute atomic E-state index is 0.0515. The molecule has 3 heterocycles. The van der Waals surface area contributed by atoms with E-state index in [0.717, 1.165) is 29.4 Å². The van der Waals surface area contributed by atoms with Crippen LogP contribution in [0.5, 0.6) is 0 Å². The number of carbonyl (C=O) groups is 2. The third-order valence-electron chi connectivity index (χ3n) is 4.68. The van der Waals surface area contributed by atoms with E-state index in [1.54, 1.807) is 17.0 Å². The minimum atomic E-state index is -0.131. The van der Waals surface area contributed by atoms with Gasteiger partial charge in [0, 0.05) is 24.5 Å². The van der Waals surface area contributed by atoms with Gasteiger partial charge in [0.2, 0.25) is 5.91 Å². The molecular weight excluding hydrogens is 332 g/mol. The largest absolute Gasteiger partial charge is 0.459 e. The molecule has 7 heteroatoms. The van der Waals surface area contributed by atoms with Crippen molar-refractivity contribution in [3.8, 4) is 0 Å². The quantitative estimate of drug-likeness (QED) is 0.752. The summed E-state index contributed by atoms with van der Waals surface area (Å²) in [6.45, 7) is 1.17. The summed E-state index contributed by atoms with van der Waals surface area (Å²) in [7, 11) is 0. The number of nitrogens with one attached hydrogen (secondary N) is 2. The summed E-state index contributed by atoms with van der Waals surface area (Å²) in [5.74, 6) is 0.131. The average molecular weight is 352 g/mol. The number of aromatic nitrogens is 2. The van der Waals surface area contributed by atoms with Gasteiger partial charge in [0.15, 0.2) is 5.76 Å². The van der Waals surface area contributed by atoms with Crippen molar-refractivity contribution in [3.63, 3.8) is 0 Å². The van der Waals surface area contributed by atoms with Crippen molar-refractivity contribution in [2.24, 2.45) is 0 Å². The molecule has 1 saturated heterocycles. The smallest absolute Gasteiger partial charge is 0.289 e. The van der Waals surface area contributed by atoms with Crippen LogP contribution in [0.15, 0.2) is 47.1 Å². The van der Waals surface area contributed by atoms with Gasteiger partial charge in [-0.3, -0.25) is 14.7 Å². The van der Waals surface area contributed by atoms with Crippen molar-refractivity contribution in [1.29, 1.82) is 0 Å². The van der Waals surface area contributed by atoms with Gasteiger partial charge in [-0.25, -0.2) is 0 Å². The molecule has 1 aliphatic heterocycles. The van der Waals surface area contributed by atoms with Gasteiger partial charge in [-0.1, -0.05) is 18.2 Å².